The van der Waals surface area contributed by atoms with E-state index in [4.69, 9.17) is 0 Å². The van der Waals surface area contributed by atoms with E-state index in [0.29, 0.717) is 0 Å². The van der Waals surface area contributed by atoms with Gasteiger partial charge in [-0.15, -0.1) is 0 Å². The number of benzene rings is 1. The first-order valence-corrected chi connectivity index (χ1v) is 5.36. The van der Waals surface area contributed by atoms with Crippen molar-refractivity contribution in [2.24, 2.45) is 0 Å². The largest absolute Gasteiger partial charge is 0.316 e. The molecule has 0 atom stereocenters. The molecule has 2 aromatic heterocycles. The minimum absolute atomic E-state index is 0.127. The molecule has 0 amide bonds. The molecule has 1 aromatic carbocycles. The number of H-pyrrole nitrogens is 2. The van der Waals surface area contributed by atoms with Crippen LogP contribution in [0.1, 0.15) is 0 Å². The van der Waals surface area contributed by atoms with Crippen molar-refractivity contribution < 1.29 is 4.92 Å². The van der Waals surface area contributed by atoms with Crippen LogP contribution in [0.15, 0.2) is 34.4 Å². The fourth-order valence-corrected chi connectivity index (χ4v) is 1.80. The van der Waals surface area contributed by atoms with Gasteiger partial charge in [-0.3, -0.25) is 19.7 Å². The fourth-order valence-electron chi connectivity index (χ4n) is 1.80. The van der Waals surface area contributed by atoms with Gasteiger partial charge in [0, 0.05) is 6.07 Å². The lowest BCUT2D eigenvalue weighted by molar-refractivity contribution is -0.384. The molecule has 0 spiro atoms. The highest BCUT2D eigenvalue weighted by Crippen LogP contribution is 2.25. The number of nitro benzene ring substituents is 1. The molecule has 2 N–H and O–H groups in total. The predicted molar refractivity (Wildman–Crippen MR) is 66.8 cm³/mol. The van der Waals surface area contributed by atoms with Gasteiger partial charge in [0.15, 0.2) is 0 Å². The van der Waals surface area contributed by atoms with Gasteiger partial charge in [0.05, 0.1) is 16.0 Å². The highest BCUT2D eigenvalue weighted by atomic mass is 16.6. The second-order valence-corrected chi connectivity index (χ2v) is 3.89. The Morgan fingerprint density at radius 2 is 1.80 bits per heavy atom. The summed E-state index contributed by atoms with van der Waals surface area (Å²) in [6, 6.07) is 2.50. The van der Waals surface area contributed by atoms with E-state index in [1.807, 2.05) is 0 Å². The third kappa shape index (κ3) is 1.75. The average molecular weight is 274 g/mol. The van der Waals surface area contributed by atoms with Crippen molar-refractivity contribution in [2.45, 2.75) is 0 Å². The third-order valence-corrected chi connectivity index (χ3v) is 2.68. The monoisotopic (exact) mass is 274 g/mol. The molecule has 0 saturated heterocycles. The van der Waals surface area contributed by atoms with Gasteiger partial charge in [0.25, 0.3) is 5.69 Å². The number of fused-ring (bicyclic) bond motifs is 1. The van der Waals surface area contributed by atoms with E-state index in [9.17, 15) is 19.7 Å². The van der Waals surface area contributed by atoms with Crippen LogP contribution in [-0.2, 0) is 0 Å². The Kier molecular flexibility index (Phi) is 2.42. The van der Waals surface area contributed by atoms with Gasteiger partial charge in [0.2, 0.25) is 0 Å². The molecule has 0 bridgehead atoms. The van der Waals surface area contributed by atoms with Crippen LogP contribution in [0.2, 0.25) is 0 Å². The molecule has 20 heavy (non-hydrogen) atoms. The van der Waals surface area contributed by atoms with Gasteiger partial charge in [-0.2, -0.15) is 5.10 Å². The van der Waals surface area contributed by atoms with Gasteiger partial charge in [-0.25, -0.2) is 9.67 Å². The Morgan fingerprint density at radius 1 is 1.15 bits per heavy atom. The van der Waals surface area contributed by atoms with Crippen molar-refractivity contribution in [3.05, 3.63) is 55.6 Å². The van der Waals surface area contributed by atoms with Crippen molar-refractivity contribution in [1.29, 1.82) is 0 Å². The first-order valence-electron chi connectivity index (χ1n) is 5.36. The zero-order valence-electron chi connectivity index (χ0n) is 9.73. The molecule has 10 heteroatoms. The summed E-state index contributed by atoms with van der Waals surface area (Å²) in [4.78, 5) is 41.3. The average Bonchev–Trinajstić information content (AvgIpc) is 2.92. The number of aromatic amines is 2. The number of hydrogen-bond acceptors (Lipinski definition) is 6. The summed E-state index contributed by atoms with van der Waals surface area (Å²) < 4.78 is 1.20. The van der Waals surface area contributed by atoms with E-state index in [1.165, 1.54) is 23.4 Å². The molecule has 0 saturated carbocycles. The lowest BCUT2D eigenvalue weighted by atomic mass is 10.2. The van der Waals surface area contributed by atoms with Crippen molar-refractivity contribution in [1.82, 2.24) is 24.7 Å². The number of hydrogen-bond donors (Lipinski definition) is 2. The van der Waals surface area contributed by atoms with Gasteiger partial charge in [-0.05, 0) is 6.07 Å². The highest BCUT2D eigenvalue weighted by Gasteiger charge is 2.18. The molecule has 10 nitrogen and oxygen atoms in total. The number of nitrogens with one attached hydrogen (secondary N) is 2. The van der Waals surface area contributed by atoms with Crippen LogP contribution in [0.5, 0.6) is 0 Å². The Balaban J connectivity index is 2.41. The predicted octanol–water partition coefficient (Wildman–Crippen LogP) is -0.295. The van der Waals surface area contributed by atoms with Crippen LogP contribution in [0.3, 0.4) is 0 Å². The van der Waals surface area contributed by atoms with Gasteiger partial charge in [0.1, 0.15) is 18.3 Å². The minimum Gasteiger partial charge on any atom is -0.316 e. The Labute approximate surface area is 108 Å². The van der Waals surface area contributed by atoms with E-state index in [-0.39, 0.29) is 22.4 Å². The zero-order valence-corrected chi connectivity index (χ0v) is 9.73. The van der Waals surface area contributed by atoms with Crippen molar-refractivity contribution in [3.63, 3.8) is 0 Å². The molecule has 0 fully saturated rings. The number of nitrogens with zero attached hydrogens (tertiary/aromatic N) is 4. The summed E-state index contributed by atoms with van der Waals surface area (Å²) in [5.74, 6) is 0. The van der Waals surface area contributed by atoms with Gasteiger partial charge in [-0.1, -0.05) is 0 Å². The second-order valence-electron chi connectivity index (χ2n) is 3.89. The molecule has 0 aliphatic rings. The summed E-state index contributed by atoms with van der Waals surface area (Å²) in [7, 11) is 0. The first-order chi connectivity index (χ1) is 9.56. The van der Waals surface area contributed by atoms with Crippen LogP contribution >= 0.6 is 0 Å². The molecule has 3 rings (SSSR count). The fraction of sp³-hybridized carbons (Fsp3) is 0. The second kappa shape index (κ2) is 4.12. The van der Waals surface area contributed by atoms with E-state index in [0.717, 1.165) is 6.07 Å². The van der Waals surface area contributed by atoms with Crippen molar-refractivity contribution in [2.75, 3.05) is 0 Å². The molecule has 0 radical (unpaired) electrons. The summed E-state index contributed by atoms with van der Waals surface area (Å²) >= 11 is 0. The molecule has 0 aliphatic heterocycles. The minimum atomic E-state index is -0.875. The maximum Gasteiger partial charge on any atom is 0.314 e. The van der Waals surface area contributed by atoms with Crippen molar-refractivity contribution in [3.8, 4) is 5.69 Å². The Morgan fingerprint density at radius 3 is 2.35 bits per heavy atom. The smallest absolute Gasteiger partial charge is 0.314 e. The Bertz CT molecular complexity index is 923. The standard InChI is InChI=1S/C10H6N6O4/c17-9-10(18)14-6-2-8(16(19)20)7(1-5(6)13-9)15-4-11-3-12-15/h1-4H,(H,13,17)(H,14,18). The lowest BCUT2D eigenvalue weighted by Crippen LogP contribution is -2.29. The molecule has 0 aliphatic carbocycles. The lowest BCUT2D eigenvalue weighted by Gasteiger charge is -2.04. The van der Waals surface area contributed by atoms with E-state index < -0.39 is 16.0 Å². The zero-order chi connectivity index (χ0) is 14.3. The molecular formula is C10H6N6O4. The van der Waals surface area contributed by atoms with Crippen LogP contribution in [0.25, 0.3) is 16.7 Å². The molecule has 3 aromatic rings. The third-order valence-electron chi connectivity index (χ3n) is 2.68. The summed E-state index contributed by atoms with van der Waals surface area (Å²) in [6.45, 7) is 0. The van der Waals surface area contributed by atoms with Crippen LogP contribution in [-0.4, -0.2) is 29.7 Å². The van der Waals surface area contributed by atoms with Crippen LogP contribution in [0, 0.1) is 10.1 Å². The van der Waals surface area contributed by atoms with Crippen LogP contribution in [0.4, 0.5) is 5.69 Å². The Hall–Kier alpha value is -3.30. The first kappa shape index (κ1) is 11.8. The van der Waals surface area contributed by atoms with E-state index in [2.05, 4.69) is 20.1 Å². The summed E-state index contributed by atoms with van der Waals surface area (Å²) in [5, 5.41) is 14.9. The molecular weight excluding hydrogens is 268 g/mol. The molecule has 0 unspecified atom stereocenters. The molecule has 2 heterocycles. The highest BCUT2D eigenvalue weighted by molar-refractivity contribution is 5.81. The van der Waals surface area contributed by atoms with E-state index >= 15 is 0 Å². The quantitative estimate of drug-likeness (QED) is 0.373. The normalized spacial score (nSPS) is 10.8. The topological polar surface area (TPSA) is 140 Å². The van der Waals surface area contributed by atoms with E-state index in [1.54, 1.807) is 0 Å². The SMILES string of the molecule is O=c1[nH]c2cc(-n3cncn3)c([N+](=O)[O-])cc2[nH]c1=O. The molecule has 100 valence electrons. The number of rotatable bonds is 2. The van der Waals surface area contributed by atoms with Crippen LogP contribution < -0.4 is 11.1 Å². The summed E-state index contributed by atoms with van der Waals surface area (Å²) in [6.07, 6.45) is 2.52. The van der Waals surface area contributed by atoms with Crippen molar-refractivity contribution >= 4 is 16.7 Å². The maximum absolute atomic E-state index is 11.3. The summed E-state index contributed by atoms with van der Waals surface area (Å²) in [5.41, 5.74) is -1.44. The van der Waals surface area contributed by atoms with Gasteiger partial charge < -0.3 is 9.97 Å². The maximum atomic E-state index is 11.3. The number of aromatic nitrogens is 5. The number of nitro groups is 1. The van der Waals surface area contributed by atoms with Gasteiger partial charge >= 0.3 is 11.1 Å².